The summed E-state index contributed by atoms with van der Waals surface area (Å²) in [7, 11) is 0. The Bertz CT molecular complexity index is 952. The van der Waals surface area contributed by atoms with Gasteiger partial charge in [0.1, 0.15) is 5.84 Å². The zero-order valence-electron chi connectivity index (χ0n) is 18.3. The van der Waals surface area contributed by atoms with Crippen LogP contribution >= 0.6 is 0 Å². The van der Waals surface area contributed by atoms with E-state index in [4.69, 9.17) is 5.73 Å². The molecule has 0 heterocycles. The molecule has 2 aromatic carbocycles. The van der Waals surface area contributed by atoms with Crippen LogP contribution in [0, 0.1) is 12.3 Å². The van der Waals surface area contributed by atoms with Crippen molar-refractivity contribution in [2.24, 2.45) is 16.1 Å². The Labute approximate surface area is 179 Å². The lowest BCUT2D eigenvalue weighted by atomic mass is 9.88. The first kappa shape index (κ1) is 21.6. The van der Waals surface area contributed by atoms with Gasteiger partial charge in [-0.3, -0.25) is 5.32 Å². The molecule has 0 radical (unpaired) electrons. The summed E-state index contributed by atoms with van der Waals surface area (Å²) in [5.41, 5.74) is 11.1. The lowest BCUT2D eigenvalue weighted by Crippen LogP contribution is -2.42. The summed E-state index contributed by atoms with van der Waals surface area (Å²) in [6.45, 7) is 8.11. The number of hydrogen-bond acceptors (Lipinski definition) is 3. The fourth-order valence-electron chi connectivity index (χ4n) is 3.43. The van der Waals surface area contributed by atoms with Gasteiger partial charge in [-0.25, -0.2) is 9.79 Å². The van der Waals surface area contributed by atoms with E-state index in [9.17, 15) is 4.79 Å². The zero-order valence-corrected chi connectivity index (χ0v) is 18.3. The number of amidine groups is 1. The van der Waals surface area contributed by atoms with E-state index in [0.29, 0.717) is 11.5 Å². The van der Waals surface area contributed by atoms with Crippen LogP contribution in [0.4, 0.5) is 10.5 Å². The summed E-state index contributed by atoms with van der Waals surface area (Å²) in [5, 5.41) is 6.02. The van der Waals surface area contributed by atoms with Gasteiger partial charge in [0.05, 0.1) is 11.7 Å². The van der Waals surface area contributed by atoms with Crippen molar-refractivity contribution in [2.75, 3.05) is 0 Å². The molecule has 0 spiro atoms. The molecule has 0 fully saturated rings. The quantitative estimate of drug-likeness (QED) is 0.480. The molecule has 30 heavy (non-hydrogen) atoms. The van der Waals surface area contributed by atoms with Crippen LogP contribution in [0.2, 0.25) is 0 Å². The normalized spacial score (nSPS) is 17.3. The number of rotatable bonds is 3. The van der Waals surface area contributed by atoms with Crippen molar-refractivity contribution < 1.29 is 4.79 Å². The fourth-order valence-corrected chi connectivity index (χ4v) is 3.43. The topological polar surface area (TPSA) is 79.5 Å². The number of aliphatic imine (C=N–C) groups is 1. The number of nitrogens with two attached hydrogens (primary N) is 1. The predicted molar refractivity (Wildman–Crippen MR) is 124 cm³/mol. The number of amides is 2. The molecule has 0 bridgehead atoms. The van der Waals surface area contributed by atoms with Crippen molar-refractivity contribution in [2.45, 2.75) is 53.0 Å². The van der Waals surface area contributed by atoms with E-state index in [2.05, 4.69) is 27.8 Å². The molecule has 1 aliphatic carbocycles. The molecule has 4 N–H and O–H groups in total. The van der Waals surface area contributed by atoms with Gasteiger partial charge in [0, 0.05) is 17.2 Å². The van der Waals surface area contributed by atoms with E-state index in [1.807, 2.05) is 64.1 Å². The smallest absolute Gasteiger partial charge is 0.320 e. The number of allylic oxidation sites excluding steroid dienone is 1. The second kappa shape index (κ2) is 9.16. The second-order valence-corrected chi connectivity index (χ2v) is 8.92. The molecule has 0 saturated carbocycles. The van der Waals surface area contributed by atoms with Gasteiger partial charge in [0.15, 0.2) is 0 Å². The maximum Gasteiger partial charge on any atom is 0.320 e. The van der Waals surface area contributed by atoms with Crippen LogP contribution in [0.5, 0.6) is 0 Å². The van der Waals surface area contributed by atoms with Gasteiger partial charge in [0.2, 0.25) is 0 Å². The Kier molecular flexibility index (Phi) is 6.60. The third-order valence-electron chi connectivity index (χ3n) is 5.36. The maximum absolute atomic E-state index is 12.8. The monoisotopic (exact) mass is 404 g/mol. The first-order chi connectivity index (χ1) is 14.2. The molecule has 5 nitrogen and oxygen atoms in total. The van der Waals surface area contributed by atoms with Gasteiger partial charge < -0.3 is 11.1 Å². The fraction of sp³-hybridized carbons (Fsp3) is 0.360. The summed E-state index contributed by atoms with van der Waals surface area (Å²) in [6.07, 6.45) is 4.78. The van der Waals surface area contributed by atoms with Gasteiger partial charge in [-0.15, -0.1) is 0 Å². The third kappa shape index (κ3) is 5.72. The van der Waals surface area contributed by atoms with E-state index in [1.165, 1.54) is 11.1 Å². The van der Waals surface area contributed by atoms with Crippen molar-refractivity contribution in [1.82, 2.24) is 10.6 Å². The van der Waals surface area contributed by atoms with Crippen LogP contribution in [-0.4, -0.2) is 11.9 Å². The highest BCUT2D eigenvalue weighted by Crippen LogP contribution is 2.29. The maximum atomic E-state index is 12.8. The van der Waals surface area contributed by atoms with Crippen molar-refractivity contribution in [3.05, 3.63) is 77.0 Å². The molecular weight excluding hydrogens is 372 g/mol. The second-order valence-electron chi connectivity index (χ2n) is 8.92. The van der Waals surface area contributed by atoms with Crippen LogP contribution < -0.4 is 16.4 Å². The predicted octanol–water partition coefficient (Wildman–Crippen LogP) is 5.29. The van der Waals surface area contributed by atoms with Crippen molar-refractivity contribution in [1.29, 1.82) is 0 Å². The molecular formula is C25H32N4O. The number of nitrogens with one attached hydrogen (secondary N) is 2. The molecule has 1 atom stereocenters. The molecule has 158 valence electrons. The Hall–Kier alpha value is -3.08. The van der Waals surface area contributed by atoms with Crippen LogP contribution in [0.25, 0.3) is 0 Å². The highest BCUT2D eigenvalue weighted by Gasteiger charge is 2.22. The minimum Gasteiger partial charge on any atom is -0.401 e. The summed E-state index contributed by atoms with van der Waals surface area (Å²) in [4.78, 5) is 17.5. The van der Waals surface area contributed by atoms with E-state index in [1.54, 1.807) is 6.08 Å². The largest absolute Gasteiger partial charge is 0.401 e. The lowest BCUT2D eigenvalue weighted by molar-refractivity contribution is 0.240. The SMILES string of the molecule is Cc1ccc(N=C(/C=C(\N)C(C)(C)C)NC(=O)N[C@H]2CCCc3ccccc32)cc1. The number of urea groups is 1. The Morgan fingerprint density at radius 3 is 2.53 bits per heavy atom. The molecule has 1 aliphatic rings. The van der Waals surface area contributed by atoms with Gasteiger partial charge >= 0.3 is 6.03 Å². The van der Waals surface area contributed by atoms with Crippen LogP contribution in [0.1, 0.15) is 56.3 Å². The molecule has 5 heteroatoms. The molecule has 3 rings (SSSR count). The molecule has 2 amide bonds. The van der Waals surface area contributed by atoms with E-state index < -0.39 is 0 Å². The number of carbonyl (C=O) groups is 1. The van der Waals surface area contributed by atoms with Crippen LogP contribution in [0.3, 0.4) is 0 Å². The number of carbonyl (C=O) groups excluding carboxylic acids is 1. The molecule has 0 unspecified atom stereocenters. The number of aryl methyl sites for hydroxylation is 2. The van der Waals surface area contributed by atoms with Gasteiger partial charge in [-0.05, 0) is 49.4 Å². The van der Waals surface area contributed by atoms with Crippen molar-refractivity contribution in [3.8, 4) is 0 Å². The van der Waals surface area contributed by atoms with E-state index >= 15 is 0 Å². The number of nitrogens with zero attached hydrogens (tertiary/aromatic N) is 1. The molecule has 0 saturated heterocycles. The molecule has 0 aliphatic heterocycles. The van der Waals surface area contributed by atoms with E-state index in [0.717, 1.165) is 30.5 Å². The van der Waals surface area contributed by atoms with Crippen molar-refractivity contribution in [3.63, 3.8) is 0 Å². The highest BCUT2D eigenvalue weighted by molar-refractivity contribution is 6.05. The lowest BCUT2D eigenvalue weighted by Gasteiger charge is -2.26. The van der Waals surface area contributed by atoms with Crippen molar-refractivity contribution >= 4 is 17.6 Å². The number of hydrogen-bond donors (Lipinski definition) is 3. The Balaban J connectivity index is 1.81. The molecule has 0 aromatic heterocycles. The van der Waals surface area contributed by atoms with Crippen LogP contribution in [0.15, 0.2) is 65.3 Å². The number of fused-ring (bicyclic) bond motifs is 1. The summed E-state index contributed by atoms with van der Waals surface area (Å²) < 4.78 is 0. The average molecular weight is 405 g/mol. The van der Waals surface area contributed by atoms with Gasteiger partial charge in [-0.1, -0.05) is 62.7 Å². The van der Waals surface area contributed by atoms with Gasteiger partial charge in [-0.2, -0.15) is 0 Å². The first-order valence-corrected chi connectivity index (χ1v) is 10.5. The molecule has 2 aromatic rings. The average Bonchev–Trinajstić information content (AvgIpc) is 2.69. The highest BCUT2D eigenvalue weighted by atomic mass is 16.2. The standard InChI is InChI=1S/C25H32N4O/c1-17-12-14-19(15-13-17)27-23(16-22(26)25(2,3)4)29-24(30)28-21-11-7-9-18-8-5-6-10-20(18)21/h5-6,8,10,12-16,21H,7,9,11,26H2,1-4H3,(H2,27,28,29,30)/b22-16-/t21-/m0/s1. The number of benzene rings is 2. The Morgan fingerprint density at radius 1 is 1.13 bits per heavy atom. The summed E-state index contributed by atoms with van der Waals surface area (Å²) in [6, 6.07) is 15.9. The Morgan fingerprint density at radius 2 is 1.83 bits per heavy atom. The van der Waals surface area contributed by atoms with Crippen LogP contribution in [-0.2, 0) is 6.42 Å². The summed E-state index contributed by atoms with van der Waals surface area (Å²) >= 11 is 0. The first-order valence-electron chi connectivity index (χ1n) is 10.5. The minimum atomic E-state index is -0.277. The third-order valence-corrected chi connectivity index (χ3v) is 5.36. The van der Waals surface area contributed by atoms with E-state index in [-0.39, 0.29) is 17.5 Å². The van der Waals surface area contributed by atoms with Gasteiger partial charge in [0.25, 0.3) is 0 Å². The minimum absolute atomic E-state index is 0.000447. The summed E-state index contributed by atoms with van der Waals surface area (Å²) in [5.74, 6) is 0.424. The zero-order chi connectivity index (χ0) is 21.7.